The van der Waals surface area contributed by atoms with Crippen molar-refractivity contribution in [1.82, 2.24) is 10.2 Å². The van der Waals surface area contributed by atoms with E-state index in [-0.39, 0.29) is 24.8 Å². The Morgan fingerprint density at radius 3 is 2.09 bits per heavy atom. The fraction of sp³-hybridized carbons (Fsp3) is 0.286. The Balaban J connectivity index is 1.90. The maximum Gasteiger partial charge on any atom is 0.247 e. The molecular formula is C28H30Cl2N2O3. The lowest BCUT2D eigenvalue weighted by atomic mass is 10.0. The average Bonchev–Trinajstić information content (AvgIpc) is 2.87. The third-order valence-electron chi connectivity index (χ3n) is 5.50. The summed E-state index contributed by atoms with van der Waals surface area (Å²) >= 11 is 12.1. The van der Waals surface area contributed by atoms with Crippen molar-refractivity contribution < 1.29 is 14.3 Å². The van der Waals surface area contributed by atoms with Gasteiger partial charge in [0.1, 0.15) is 6.04 Å². The number of nitrogens with zero attached hydrogens (tertiary/aromatic N) is 1. The predicted octanol–water partition coefficient (Wildman–Crippen LogP) is 5.85. The molecule has 2 amide bonds. The first-order valence-electron chi connectivity index (χ1n) is 11.7. The van der Waals surface area contributed by atoms with Crippen molar-refractivity contribution in [1.29, 1.82) is 0 Å². The average molecular weight is 513 g/mol. The van der Waals surface area contributed by atoms with Crippen molar-refractivity contribution in [3.05, 3.63) is 106 Å². The largest absolute Gasteiger partial charge is 0.382 e. The summed E-state index contributed by atoms with van der Waals surface area (Å²) in [6, 6.07) is 23.0. The van der Waals surface area contributed by atoms with E-state index in [1.165, 1.54) is 0 Å². The zero-order valence-electron chi connectivity index (χ0n) is 19.8. The molecule has 0 heterocycles. The van der Waals surface area contributed by atoms with Crippen LogP contribution >= 0.6 is 23.2 Å². The fourth-order valence-corrected chi connectivity index (χ4v) is 3.98. The van der Waals surface area contributed by atoms with Gasteiger partial charge in [0, 0.05) is 36.3 Å². The van der Waals surface area contributed by atoms with Crippen molar-refractivity contribution in [2.24, 2.45) is 0 Å². The topological polar surface area (TPSA) is 58.6 Å². The maximum atomic E-state index is 13.7. The lowest BCUT2D eigenvalue weighted by Crippen LogP contribution is -2.44. The second kappa shape index (κ2) is 13.9. The van der Waals surface area contributed by atoms with Crippen LogP contribution in [0.2, 0.25) is 10.0 Å². The molecule has 0 radical (unpaired) electrons. The van der Waals surface area contributed by atoms with Crippen molar-refractivity contribution in [2.45, 2.75) is 32.4 Å². The summed E-state index contributed by atoms with van der Waals surface area (Å²) in [5.74, 6) is -0.397. The number of carbonyl (C=O) groups excluding carboxylic acids is 2. The Morgan fingerprint density at radius 1 is 0.886 bits per heavy atom. The normalized spacial score (nSPS) is 11.6. The summed E-state index contributed by atoms with van der Waals surface area (Å²) < 4.78 is 5.37. The monoisotopic (exact) mass is 512 g/mol. The molecule has 0 aliphatic carbocycles. The third kappa shape index (κ3) is 8.39. The summed E-state index contributed by atoms with van der Waals surface area (Å²) in [5.41, 5.74) is 2.45. The quantitative estimate of drug-likeness (QED) is 0.309. The smallest absolute Gasteiger partial charge is 0.247 e. The molecular weight excluding hydrogens is 483 g/mol. The first-order chi connectivity index (χ1) is 17.0. The number of hydrogen-bond donors (Lipinski definition) is 1. The Hall–Kier alpha value is -2.86. The molecule has 1 atom stereocenters. The Bertz CT molecular complexity index is 1070. The van der Waals surface area contributed by atoms with Gasteiger partial charge in [-0.25, -0.2) is 0 Å². The first kappa shape index (κ1) is 26.7. The number of carbonyl (C=O) groups is 2. The molecule has 7 heteroatoms. The Kier molecular flexibility index (Phi) is 10.6. The van der Waals surface area contributed by atoms with Crippen LogP contribution in [0, 0.1) is 0 Å². The molecule has 0 bridgehead atoms. The van der Waals surface area contributed by atoms with Gasteiger partial charge in [-0.1, -0.05) is 77.8 Å². The second-order valence-electron chi connectivity index (χ2n) is 8.11. The van der Waals surface area contributed by atoms with Gasteiger partial charge < -0.3 is 15.0 Å². The molecule has 0 aromatic heterocycles. The molecule has 3 aromatic rings. The number of rotatable bonds is 12. The van der Waals surface area contributed by atoms with Crippen LogP contribution in [0.15, 0.2) is 78.9 Å². The van der Waals surface area contributed by atoms with Gasteiger partial charge in [-0.05, 0) is 54.3 Å². The highest BCUT2D eigenvalue weighted by molar-refractivity contribution is 6.30. The summed E-state index contributed by atoms with van der Waals surface area (Å²) in [5, 5.41) is 4.21. The van der Waals surface area contributed by atoms with Gasteiger partial charge in [0.15, 0.2) is 0 Å². The molecule has 0 fully saturated rings. The number of nitrogens with one attached hydrogen (secondary N) is 1. The lowest BCUT2D eigenvalue weighted by molar-refractivity contribution is -0.141. The van der Waals surface area contributed by atoms with E-state index < -0.39 is 6.04 Å². The van der Waals surface area contributed by atoms with Crippen LogP contribution in [0.1, 0.15) is 36.1 Å². The molecule has 35 heavy (non-hydrogen) atoms. The summed E-state index contributed by atoms with van der Waals surface area (Å²) in [6.07, 6.45) is 0.836. The minimum atomic E-state index is -0.793. The van der Waals surface area contributed by atoms with Crippen LogP contribution in [0.4, 0.5) is 0 Å². The van der Waals surface area contributed by atoms with Gasteiger partial charge in [-0.2, -0.15) is 0 Å². The molecule has 3 rings (SSSR count). The molecule has 1 N–H and O–H groups in total. The standard InChI is InChI=1S/C28H30Cl2N2O3/c1-2-35-18-6-17-31-28(34)27(23-7-4-3-5-8-23)32(20-22-11-15-25(30)16-12-22)26(33)19-21-9-13-24(29)14-10-21/h3-5,7-16,27H,2,6,17-20H2,1H3,(H,31,34)/t27-/m0/s1. The molecule has 184 valence electrons. The van der Waals surface area contributed by atoms with E-state index in [4.69, 9.17) is 27.9 Å². The molecule has 0 saturated carbocycles. The summed E-state index contributed by atoms with van der Waals surface area (Å²) in [6.45, 7) is 3.86. The van der Waals surface area contributed by atoms with Crippen LogP contribution < -0.4 is 5.32 Å². The number of ether oxygens (including phenoxy) is 1. The highest BCUT2D eigenvalue weighted by Crippen LogP contribution is 2.25. The van der Waals surface area contributed by atoms with E-state index in [0.717, 1.165) is 16.7 Å². The van der Waals surface area contributed by atoms with Crippen molar-refractivity contribution in [3.8, 4) is 0 Å². The van der Waals surface area contributed by atoms with Gasteiger partial charge in [0.05, 0.1) is 6.42 Å². The van der Waals surface area contributed by atoms with Crippen molar-refractivity contribution in [2.75, 3.05) is 19.8 Å². The number of hydrogen-bond acceptors (Lipinski definition) is 3. The minimum absolute atomic E-state index is 0.145. The Labute approximate surface area is 217 Å². The molecule has 0 saturated heterocycles. The molecule has 3 aromatic carbocycles. The number of halogens is 2. The van der Waals surface area contributed by atoms with Crippen LogP contribution in [-0.2, 0) is 27.3 Å². The maximum absolute atomic E-state index is 13.7. The highest BCUT2D eigenvalue weighted by Gasteiger charge is 2.31. The fourth-order valence-electron chi connectivity index (χ4n) is 3.72. The first-order valence-corrected chi connectivity index (χ1v) is 12.4. The van der Waals surface area contributed by atoms with E-state index in [1.54, 1.807) is 29.2 Å². The zero-order chi connectivity index (χ0) is 25.0. The van der Waals surface area contributed by atoms with Crippen LogP contribution in [0.3, 0.4) is 0 Å². The summed E-state index contributed by atoms with van der Waals surface area (Å²) in [7, 11) is 0. The molecule has 0 spiro atoms. The lowest BCUT2D eigenvalue weighted by Gasteiger charge is -2.32. The van der Waals surface area contributed by atoms with Crippen LogP contribution in [-0.4, -0.2) is 36.5 Å². The van der Waals surface area contributed by atoms with E-state index in [0.29, 0.717) is 36.2 Å². The van der Waals surface area contributed by atoms with Crippen LogP contribution in [0.25, 0.3) is 0 Å². The van der Waals surface area contributed by atoms with E-state index in [1.807, 2.05) is 61.5 Å². The van der Waals surface area contributed by atoms with E-state index >= 15 is 0 Å². The minimum Gasteiger partial charge on any atom is -0.382 e. The second-order valence-corrected chi connectivity index (χ2v) is 8.98. The number of amides is 2. The van der Waals surface area contributed by atoms with E-state index in [2.05, 4.69) is 5.32 Å². The summed E-state index contributed by atoms with van der Waals surface area (Å²) in [4.78, 5) is 28.8. The zero-order valence-corrected chi connectivity index (χ0v) is 21.3. The van der Waals surface area contributed by atoms with Crippen LogP contribution in [0.5, 0.6) is 0 Å². The van der Waals surface area contributed by atoms with Gasteiger partial charge >= 0.3 is 0 Å². The molecule has 0 aliphatic rings. The third-order valence-corrected chi connectivity index (χ3v) is 6.00. The van der Waals surface area contributed by atoms with E-state index in [9.17, 15) is 9.59 Å². The van der Waals surface area contributed by atoms with Crippen molar-refractivity contribution in [3.63, 3.8) is 0 Å². The van der Waals surface area contributed by atoms with Gasteiger partial charge in [0.2, 0.25) is 11.8 Å². The van der Waals surface area contributed by atoms with Gasteiger partial charge in [0.25, 0.3) is 0 Å². The molecule has 0 unspecified atom stereocenters. The Morgan fingerprint density at radius 2 is 1.49 bits per heavy atom. The highest BCUT2D eigenvalue weighted by atomic mass is 35.5. The number of benzene rings is 3. The SMILES string of the molecule is CCOCCCNC(=O)[C@H](c1ccccc1)N(Cc1ccc(Cl)cc1)C(=O)Cc1ccc(Cl)cc1. The van der Waals surface area contributed by atoms with Gasteiger partial charge in [-0.15, -0.1) is 0 Å². The molecule has 5 nitrogen and oxygen atoms in total. The van der Waals surface area contributed by atoms with Gasteiger partial charge in [-0.3, -0.25) is 9.59 Å². The van der Waals surface area contributed by atoms with Crippen molar-refractivity contribution >= 4 is 35.0 Å². The molecule has 0 aliphatic heterocycles. The predicted molar refractivity (Wildman–Crippen MR) is 140 cm³/mol.